The van der Waals surface area contributed by atoms with Crippen LogP contribution >= 0.6 is 11.8 Å². The van der Waals surface area contributed by atoms with Crippen LogP contribution < -0.4 is 24.8 Å². The maximum Gasteiger partial charge on any atom is 0.255 e. The Morgan fingerprint density at radius 2 is 1.74 bits per heavy atom. The van der Waals surface area contributed by atoms with Gasteiger partial charge in [-0.25, -0.2) is 4.68 Å². The third kappa shape index (κ3) is 5.56. The van der Waals surface area contributed by atoms with Gasteiger partial charge in [0.25, 0.3) is 5.91 Å². The van der Waals surface area contributed by atoms with Crippen LogP contribution in [-0.4, -0.2) is 42.0 Å². The fourth-order valence-corrected chi connectivity index (χ4v) is 5.20. The molecule has 0 unspecified atom stereocenters. The number of aromatic nitrogens is 3. The smallest absolute Gasteiger partial charge is 0.255 e. The van der Waals surface area contributed by atoms with Crippen molar-refractivity contribution >= 4 is 29.3 Å². The van der Waals surface area contributed by atoms with Crippen molar-refractivity contribution < 1.29 is 19.0 Å². The van der Waals surface area contributed by atoms with Gasteiger partial charge in [0.1, 0.15) is 23.3 Å². The molecule has 10 heteroatoms. The van der Waals surface area contributed by atoms with Gasteiger partial charge in [0, 0.05) is 11.4 Å². The van der Waals surface area contributed by atoms with Crippen molar-refractivity contribution in [1.82, 2.24) is 14.8 Å². The predicted molar refractivity (Wildman–Crippen MR) is 152 cm³/mol. The van der Waals surface area contributed by atoms with Gasteiger partial charge in [-0.15, -0.1) is 5.10 Å². The van der Waals surface area contributed by atoms with Gasteiger partial charge < -0.3 is 24.8 Å². The molecule has 0 bridgehead atoms. The highest BCUT2D eigenvalue weighted by Gasteiger charge is 2.34. The average molecular weight is 544 g/mol. The third-order valence-electron chi connectivity index (χ3n) is 6.37. The lowest BCUT2D eigenvalue weighted by Crippen LogP contribution is -2.31. The van der Waals surface area contributed by atoms with E-state index in [4.69, 9.17) is 24.3 Å². The molecule has 0 saturated heterocycles. The lowest BCUT2D eigenvalue weighted by Gasteiger charge is -2.29. The van der Waals surface area contributed by atoms with E-state index in [0.717, 1.165) is 22.6 Å². The zero-order valence-electron chi connectivity index (χ0n) is 22.1. The highest BCUT2D eigenvalue weighted by molar-refractivity contribution is 7.98. The number of carbonyl (C=O) groups is 1. The number of benzene rings is 3. The first-order chi connectivity index (χ1) is 19.0. The lowest BCUT2D eigenvalue weighted by molar-refractivity contribution is -0.113. The summed E-state index contributed by atoms with van der Waals surface area (Å²) < 4.78 is 17.9. The normalized spacial score (nSPS) is 14.3. The maximum absolute atomic E-state index is 13.8. The summed E-state index contributed by atoms with van der Waals surface area (Å²) in [6, 6.07) is 22.3. The van der Waals surface area contributed by atoms with Gasteiger partial charge in [-0.2, -0.15) is 4.98 Å². The molecule has 2 N–H and O–H groups in total. The van der Waals surface area contributed by atoms with Gasteiger partial charge in [0.15, 0.2) is 0 Å². The average Bonchev–Trinajstić information content (AvgIpc) is 3.38. The fraction of sp³-hybridized carbons (Fsp3) is 0.207. The number of carbonyl (C=O) groups excluding carboxylic acids is 1. The van der Waals surface area contributed by atoms with Crippen LogP contribution in [0.4, 0.5) is 11.6 Å². The molecule has 2 heterocycles. The summed E-state index contributed by atoms with van der Waals surface area (Å²) in [6.45, 7) is 1.87. The molecule has 1 atom stereocenters. The van der Waals surface area contributed by atoms with Crippen LogP contribution in [0.15, 0.2) is 89.2 Å². The Balaban J connectivity index is 1.48. The first-order valence-electron chi connectivity index (χ1n) is 12.3. The Morgan fingerprint density at radius 1 is 0.974 bits per heavy atom. The van der Waals surface area contributed by atoms with E-state index in [1.807, 2.05) is 67.6 Å². The van der Waals surface area contributed by atoms with Crippen molar-refractivity contribution in [3.05, 3.63) is 95.2 Å². The monoisotopic (exact) mass is 543 g/mol. The molecule has 200 valence electrons. The van der Waals surface area contributed by atoms with Crippen LogP contribution in [0, 0.1) is 0 Å². The van der Waals surface area contributed by atoms with Crippen molar-refractivity contribution in [3.63, 3.8) is 0 Å². The van der Waals surface area contributed by atoms with E-state index in [0.29, 0.717) is 39.6 Å². The molecule has 0 aliphatic carbocycles. The Kier molecular flexibility index (Phi) is 7.74. The van der Waals surface area contributed by atoms with E-state index in [9.17, 15) is 4.79 Å². The van der Waals surface area contributed by atoms with E-state index >= 15 is 0 Å². The predicted octanol–water partition coefficient (Wildman–Crippen LogP) is 5.52. The zero-order chi connectivity index (χ0) is 27.4. The number of fused-ring (bicyclic) bond motifs is 1. The summed E-state index contributed by atoms with van der Waals surface area (Å²) in [5.74, 6) is 3.07. The standard InChI is InChI=1S/C29H29N5O4S/c1-18-25(27(35)31-23-10-5-6-11-24(23)38-4)26(20-12-14-21(36-2)15-13-20)34-28(30-18)32-29(33-34)39-17-19-8-7-9-22(16-19)37-3/h5-16,26H,17H2,1-4H3,(H,31,35)(H,30,32,33)/t26-/m0/s1. The van der Waals surface area contributed by atoms with Crippen LogP contribution in [0.2, 0.25) is 0 Å². The van der Waals surface area contributed by atoms with E-state index in [-0.39, 0.29) is 5.91 Å². The van der Waals surface area contributed by atoms with E-state index in [1.54, 1.807) is 38.1 Å². The summed E-state index contributed by atoms with van der Waals surface area (Å²) >= 11 is 1.51. The van der Waals surface area contributed by atoms with Gasteiger partial charge in [-0.3, -0.25) is 4.79 Å². The van der Waals surface area contributed by atoms with Gasteiger partial charge in [-0.05, 0) is 54.4 Å². The number of nitrogens with one attached hydrogen (secondary N) is 2. The van der Waals surface area contributed by atoms with Crippen LogP contribution in [0.1, 0.15) is 24.1 Å². The third-order valence-corrected chi connectivity index (χ3v) is 7.28. The SMILES string of the molecule is COc1ccc([C@H]2C(C(=O)Nc3ccccc3OC)=C(C)Nc3nc(SCc4cccc(OC)c4)nn32)cc1. The Bertz CT molecular complexity index is 1520. The largest absolute Gasteiger partial charge is 0.497 e. The molecule has 0 radical (unpaired) electrons. The first kappa shape index (κ1) is 26.2. The number of methoxy groups -OCH3 is 3. The molecule has 1 amide bonds. The first-order valence-corrected chi connectivity index (χ1v) is 13.3. The number of nitrogens with zero attached hydrogens (tertiary/aromatic N) is 3. The van der Waals surface area contributed by atoms with E-state index in [2.05, 4.69) is 10.6 Å². The van der Waals surface area contributed by atoms with Crippen LogP contribution in [0.3, 0.4) is 0 Å². The number of amides is 1. The van der Waals surface area contributed by atoms with Gasteiger partial charge in [0.2, 0.25) is 11.1 Å². The highest BCUT2D eigenvalue weighted by Crippen LogP contribution is 2.38. The molecule has 9 nitrogen and oxygen atoms in total. The number of hydrogen-bond donors (Lipinski definition) is 2. The number of thioether (sulfide) groups is 1. The summed E-state index contributed by atoms with van der Waals surface area (Å²) in [4.78, 5) is 18.5. The summed E-state index contributed by atoms with van der Waals surface area (Å²) in [5.41, 5.74) is 3.76. The molecule has 5 rings (SSSR count). The second kappa shape index (κ2) is 11.5. The molecule has 39 heavy (non-hydrogen) atoms. The topological polar surface area (TPSA) is 99.5 Å². The maximum atomic E-state index is 13.8. The Hall–Kier alpha value is -4.44. The molecular weight excluding hydrogens is 514 g/mol. The minimum Gasteiger partial charge on any atom is -0.497 e. The fourth-order valence-electron chi connectivity index (χ4n) is 4.43. The number of para-hydroxylation sites is 2. The Labute approximate surface area is 231 Å². The van der Waals surface area contributed by atoms with E-state index < -0.39 is 6.04 Å². The highest BCUT2D eigenvalue weighted by atomic mass is 32.2. The van der Waals surface area contributed by atoms with Crippen LogP contribution in [0.5, 0.6) is 17.2 Å². The number of hydrogen-bond acceptors (Lipinski definition) is 8. The minimum atomic E-state index is -0.513. The van der Waals surface area contributed by atoms with E-state index in [1.165, 1.54) is 11.8 Å². The van der Waals surface area contributed by atoms with Crippen molar-refractivity contribution in [2.75, 3.05) is 32.0 Å². The summed E-state index contributed by atoms with van der Waals surface area (Å²) in [5, 5.41) is 11.7. The summed E-state index contributed by atoms with van der Waals surface area (Å²) in [6.07, 6.45) is 0. The zero-order valence-corrected chi connectivity index (χ0v) is 22.9. The van der Waals surface area contributed by atoms with Crippen molar-refractivity contribution in [1.29, 1.82) is 0 Å². The van der Waals surface area contributed by atoms with Gasteiger partial charge in [0.05, 0.1) is 32.6 Å². The quantitative estimate of drug-likeness (QED) is 0.266. The molecule has 0 fully saturated rings. The second-order valence-corrected chi connectivity index (χ2v) is 9.74. The number of allylic oxidation sites excluding steroid dienone is 1. The molecule has 0 saturated carbocycles. The molecule has 0 spiro atoms. The molecule has 4 aromatic rings. The minimum absolute atomic E-state index is 0.267. The van der Waals surface area contributed by atoms with Crippen LogP contribution in [-0.2, 0) is 10.5 Å². The molecule has 3 aromatic carbocycles. The number of ether oxygens (including phenoxy) is 3. The molecule has 1 aliphatic heterocycles. The van der Waals surface area contributed by atoms with Gasteiger partial charge in [-0.1, -0.05) is 48.2 Å². The van der Waals surface area contributed by atoms with Crippen molar-refractivity contribution in [2.24, 2.45) is 0 Å². The molecular formula is C29H29N5O4S. The van der Waals surface area contributed by atoms with Gasteiger partial charge >= 0.3 is 0 Å². The number of anilines is 2. The lowest BCUT2D eigenvalue weighted by atomic mass is 9.95. The van der Waals surface area contributed by atoms with Crippen molar-refractivity contribution in [3.8, 4) is 17.2 Å². The van der Waals surface area contributed by atoms with Crippen molar-refractivity contribution in [2.45, 2.75) is 23.9 Å². The second-order valence-electron chi connectivity index (χ2n) is 8.80. The van der Waals surface area contributed by atoms with Crippen LogP contribution in [0.25, 0.3) is 0 Å². The molecule has 1 aliphatic rings. The summed E-state index contributed by atoms with van der Waals surface area (Å²) in [7, 11) is 4.85. The Morgan fingerprint density at radius 3 is 2.49 bits per heavy atom. The molecule has 1 aromatic heterocycles. The number of rotatable bonds is 9.